The van der Waals surface area contributed by atoms with E-state index >= 15 is 0 Å². The van der Waals surface area contributed by atoms with Crippen molar-refractivity contribution in [3.8, 4) is 0 Å². The molecule has 7 nitrogen and oxygen atoms in total. The largest absolute Gasteiger partial charge is 0.480 e. The SMILES string of the molecule is Cc1c(CC2(C(=O)O)COCCC2=O)cccc1[N+](=O)[O-]. The van der Waals surface area contributed by atoms with Crippen LogP contribution < -0.4 is 0 Å². The number of Topliss-reactive ketones (excluding diaryl/α,β-unsaturated/α-hetero) is 1. The first kappa shape index (κ1) is 15.1. The minimum absolute atomic E-state index is 0.0419. The van der Waals surface area contributed by atoms with Crippen LogP contribution in [0.2, 0.25) is 0 Å². The van der Waals surface area contributed by atoms with E-state index in [1.54, 1.807) is 13.0 Å². The number of hydrogen-bond donors (Lipinski definition) is 1. The third kappa shape index (κ3) is 2.64. The van der Waals surface area contributed by atoms with Gasteiger partial charge in [0.05, 0.1) is 18.1 Å². The smallest absolute Gasteiger partial charge is 0.319 e. The minimum Gasteiger partial charge on any atom is -0.480 e. The van der Waals surface area contributed by atoms with Gasteiger partial charge in [-0.25, -0.2) is 0 Å². The molecule has 0 saturated carbocycles. The summed E-state index contributed by atoms with van der Waals surface area (Å²) in [5.41, 5.74) is -0.887. The highest BCUT2D eigenvalue weighted by Crippen LogP contribution is 2.33. The Kier molecular flexibility index (Phi) is 4.04. The number of ketones is 1. The van der Waals surface area contributed by atoms with Crippen LogP contribution in [0.1, 0.15) is 17.5 Å². The number of nitro benzene ring substituents is 1. The van der Waals surface area contributed by atoms with E-state index in [9.17, 15) is 24.8 Å². The summed E-state index contributed by atoms with van der Waals surface area (Å²) in [5, 5.41) is 20.4. The molecule has 0 bridgehead atoms. The lowest BCUT2D eigenvalue weighted by molar-refractivity contribution is -0.385. The number of carboxylic acid groups (broad SMARTS) is 1. The molecule has 21 heavy (non-hydrogen) atoms. The lowest BCUT2D eigenvalue weighted by atomic mass is 9.75. The fourth-order valence-electron chi connectivity index (χ4n) is 2.52. The molecule has 0 aromatic heterocycles. The Morgan fingerprint density at radius 1 is 1.52 bits per heavy atom. The van der Waals surface area contributed by atoms with Crippen LogP contribution in [0.3, 0.4) is 0 Å². The van der Waals surface area contributed by atoms with Crippen LogP contribution in [0.25, 0.3) is 0 Å². The molecule has 1 saturated heterocycles. The Bertz CT molecular complexity index is 611. The molecule has 2 rings (SSSR count). The van der Waals surface area contributed by atoms with Crippen LogP contribution in [0.4, 0.5) is 5.69 Å². The van der Waals surface area contributed by atoms with Crippen LogP contribution in [-0.2, 0) is 20.7 Å². The second-order valence-electron chi connectivity index (χ2n) is 5.11. The monoisotopic (exact) mass is 293 g/mol. The van der Waals surface area contributed by atoms with Crippen LogP contribution in [0.5, 0.6) is 0 Å². The Morgan fingerprint density at radius 2 is 2.24 bits per heavy atom. The number of rotatable bonds is 4. The molecule has 1 aromatic rings. The maximum Gasteiger partial charge on any atom is 0.319 e. The fraction of sp³-hybridized carbons (Fsp3) is 0.429. The quantitative estimate of drug-likeness (QED) is 0.512. The summed E-state index contributed by atoms with van der Waals surface area (Å²) in [5.74, 6) is -1.65. The minimum atomic E-state index is -1.65. The van der Waals surface area contributed by atoms with Crippen molar-refractivity contribution in [1.29, 1.82) is 0 Å². The van der Waals surface area contributed by atoms with E-state index in [1.807, 2.05) is 0 Å². The highest BCUT2D eigenvalue weighted by molar-refractivity contribution is 6.04. The van der Waals surface area contributed by atoms with Crippen LogP contribution >= 0.6 is 0 Å². The van der Waals surface area contributed by atoms with Gasteiger partial charge in [-0.2, -0.15) is 0 Å². The molecule has 0 radical (unpaired) electrons. The summed E-state index contributed by atoms with van der Waals surface area (Å²) in [6.45, 7) is 1.56. The molecule has 0 amide bonds. The van der Waals surface area contributed by atoms with Gasteiger partial charge in [0.25, 0.3) is 5.69 Å². The zero-order valence-electron chi connectivity index (χ0n) is 11.5. The topological polar surface area (TPSA) is 107 Å². The number of ether oxygens (including phenoxy) is 1. The van der Waals surface area contributed by atoms with Gasteiger partial charge in [0, 0.05) is 18.1 Å². The molecular formula is C14H15NO6. The van der Waals surface area contributed by atoms with Gasteiger partial charge < -0.3 is 9.84 Å². The molecule has 1 aromatic carbocycles. The number of hydrogen-bond acceptors (Lipinski definition) is 5. The Labute approximate surface area is 120 Å². The molecule has 7 heteroatoms. The van der Waals surface area contributed by atoms with E-state index in [2.05, 4.69) is 0 Å². The summed E-state index contributed by atoms with van der Waals surface area (Å²) in [7, 11) is 0. The van der Waals surface area contributed by atoms with Crippen LogP contribution in [-0.4, -0.2) is 35.0 Å². The second kappa shape index (κ2) is 5.61. The summed E-state index contributed by atoms with van der Waals surface area (Å²) in [4.78, 5) is 34.1. The van der Waals surface area contributed by atoms with Gasteiger partial charge in [0.2, 0.25) is 0 Å². The number of benzene rings is 1. The first-order valence-electron chi connectivity index (χ1n) is 6.46. The van der Waals surface area contributed by atoms with Gasteiger partial charge in [0.15, 0.2) is 11.2 Å². The van der Waals surface area contributed by atoms with Gasteiger partial charge in [-0.3, -0.25) is 19.7 Å². The Balaban J connectivity index is 2.43. The van der Waals surface area contributed by atoms with Crippen molar-refractivity contribution >= 4 is 17.4 Å². The molecular weight excluding hydrogens is 278 g/mol. The lowest BCUT2D eigenvalue weighted by Crippen LogP contribution is -2.48. The molecule has 1 fully saturated rings. The maximum absolute atomic E-state index is 12.1. The molecule has 0 spiro atoms. The van der Waals surface area contributed by atoms with Gasteiger partial charge in [0.1, 0.15) is 0 Å². The van der Waals surface area contributed by atoms with Crippen molar-refractivity contribution in [3.05, 3.63) is 39.4 Å². The number of carbonyl (C=O) groups excluding carboxylic acids is 1. The van der Waals surface area contributed by atoms with Crippen LogP contribution in [0, 0.1) is 22.5 Å². The van der Waals surface area contributed by atoms with E-state index in [-0.39, 0.29) is 31.7 Å². The average Bonchev–Trinajstić information content (AvgIpc) is 2.43. The summed E-state index contributed by atoms with van der Waals surface area (Å²) < 4.78 is 5.17. The van der Waals surface area contributed by atoms with E-state index in [0.29, 0.717) is 11.1 Å². The summed E-state index contributed by atoms with van der Waals surface area (Å²) in [6, 6.07) is 4.45. The maximum atomic E-state index is 12.1. The van der Waals surface area contributed by atoms with Crippen LogP contribution in [0.15, 0.2) is 18.2 Å². The highest BCUT2D eigenvalue weighted by Gasteiger charge is 2.48. The van der Waals surface area contributed by atoms with Gasteiger partial charge in [-0.15, -0.1) is 0 Å². The normalized spacial score (nSPS) is 22.0. The van der Waals surface area contributed by atoms with E-state index in [4.69, 9.17) is 4.74 Å². The molecule has 112 valence electrons. The fourth-order valence-corrected chi connectivity index (χ4v) is 2.52. The first-order valence-corrected chi connectivity index (χ1v) is 6.46. The molecule has 0 aliphatic carbocycles. The average molecular weight is 293 g/mol. The van der Waals surface area contributed by atoms with Crippen molar-refractivity contribution in [2.45, 2.75) is 19.8 Å². The number of nitro groups is 1. The predicted molar refractivity (Wildman–Crippen MR) is 72.0 cm³/mol. The first-order chi connectivity index (χ1) is 9.88. The zero-order valence-corrected chi connectivity index (χ0v) is 11.5. The summed E-state index contributed by atoms with van der Waals surface area (Å²) in [6.07, 6.45) is -0.0606. The van der Waals surface area contributed by atoms with E-state index in [0.717, 1.165) is 0 Å². The molecule has 1 aliphatic heterocycles. The van der Waals surface area contributed by atoms with Crippen molar-refractivity contribution in [3.63, 3.8) is 0 Å². The summed E-state index contributed by atoms with van der Waals surface area (Å²) >= 11 is 0. The highest BCUT2D eigenvalue weighted by atomic mass is 16.6. The molecule has 1 atom stereocenters. The Morgan fingerprint density at radius 3 is 2.81 bits per heavy atom. The van der Waals surface area contributed by atoms with Gasteiger partial charge in [-0.1, -0.05) is 12.1 Å². The standard InChI is InChI=1S/C14H15NO6/c1-9-10(3-2-4-11(9)15(19)20)7-14(13(17)18)8-21-6-5-12(14)16/h2-4H,5-8H2,1H3,(H,17,18). The predicted octanol–water partition coefficient (Wildman–Crippen LogP) is 1.51. The zero-order chi connectivity index (χ0) is 15.6. The second-order valence-corrected chi connectivity index (χ2v) is 5.11. The third-order valence-corrected chi connectivity index (χ3v) is 3.87. The number of carboxylic acids is 1. The van der Waals surface area contributed by atoms with Crippen molar-refractivity contribution in [2.24, 2.45) is 5.41 Å². The number of carbonyl (C=O) groups is 2. The van der Waals surface area contributed by atoms with Crippen molar-refractivity contribution in [2.75, 3.05) is 13.2 Å². The molecule has 1 aliphatic rings. The van der Waals surface area contributed by atoms with E-state index in [1.165, 1.54) is 12.1 Å². The lowest BCUT2D eigenvalue weighted by Gasteiger charge is -2.31. The van der Waals surface area contributed by atoms with Gasteiger partial charge in [-0.05, 0) is 18.9 Å². The van der Waals surface area contributed by atoms with E-state index < -0.39 is 22.1 Å². The number of nitrogens with zero attached hydrogens (tertiary/aromatic N) is 1. The molecule has 1 unspecified atom stereocenters. The third-order valence-electron chi connectivity index (χ3n) is 3.87. The molecule has 1 heterocycles. The Hall–Kier alpha value is -2.28. The van der Waals surface area contributed by atoms with Crippen molar-refractivity contribution in [1.82, 2.24) is 0 Å². The van der Waals surface area contributed by atoms with Gasteiger partial charge >= 0.3 is 5.97 Å². The molecule has 1 N–H and O–H groups in total. The number of aliphatic carboxylic acids is 1. The van der Waals surface area contributed by atoms with Crippen molar-refractivity contribution < 1.29 is 24.4 Å².